The van der Waals surface area contributed by atoms with E-state index >= 15 is 0 Å². The van der Waals surface area contributed by atoms with Gasteiger partial charge in [-0.3, -0.25) is 0 Å². The van der Waals surface area contributed by atoms with Gasteiger partial charge in [-0.15, -0.1) is 0 Å². The van der Waals surface area contributed by atoms with Crippen LogP contribution in [0.4, 0.5) is 10.3 Å². The summed E-state index contributed by atoms with van der Waals surface area (Å²) in [6.07, 6.45) is 0.319. The number of aromatic nitrogens is 3. The van der Waals surface area contributed by atoms with Gasteiger partial charge < -0.3 is 5.73 Å². The fourth-order valence-electron chi connectivity index (χ4n) is 1.61. The summed E-state index contributed by atoms with van der Waals surface area (Å²) in [5.74, 6) is 1.21. The first-order chi connectivity index (χ1) is 8.56. The van der Waals surface area contributed by atoms with Crippen molar-refractivity contribution in [3.8, 4) is 0 Å². The van der Waals surface area contributed by atoms with E-state index in [1.165, 1.54) is 6.07 Å². The molecule has 5 heteroatoms. The van der Waals surface area contributed by atoms with Crippen LogP contribution in [-0.4, -0.2) is 15.0 Å². The Bertz CT molecular complexity index is 554. The molecule has 0 bridgehead atoms. The van der Waals surface area contributed by atoms with Gasteiger partial charge >= 0.3 is 0 Å². The Morgan fingerprint density at radius 1 is 1.17 bits per heavy atom. The third-order valence-corrected chi connectivity index (χ3v) is 2.54. The van der Waals surface area contributed by atoms with Gasteiger partial charge in [-0.05, 0) is 11.6 Å². The van der Waals surface area contributed by atoms with Crippen molar-refractivity contribution in [2.75, 3.05) is 5.73 Å². The van der Waals surface area contributed by atoms with E-state index in [1.807, 2.05) is 13.8 Å². The van der Waals surface area contributed by atoms with E-state index in [-0.39, 0.29) is 17.7 Å². The van der Waals surface area contributed by atoms with Crippen molar-refractivity contribution in [2.24, 2.45) is 0 Å². The second-order valence-electron chi connectivity index (χ2n) is 4.39. The maximum atomic E-state index is 13.5. The third kappa shape index (κ3) is 2.80. The first kappa shape index (κ1) is 12.4. The van der Waals surface area contributed by atoms with E-state index in [9.17, 15) is 4.39 Å². The Morgan fingerprint density at radius 2 is 1.89 bits per heavy atom. The molecule has 0 fully saturated rings. The van der Waals surface area contributed by atoms with Gasteiger partial charge in [0.1, 0.15) is 17.5 Å². The number of benzene rings is 1. The van der Waals surface area contributed by atoms with Crippen LogP contribution in [0.1, 0.15) is 37.0 Å². The minimum Gasteiger partial charge on any atom is -0.368 e. The molecule has 18 heavy (non-hydrogen) atoms. The summed E-state index contributed by atoms with van der Waals surface area (Å²) in [5.41, 5.74) is 6.19. The molecule has 0 unspecified atom stereocenters. The molecule has 0 atom stereocenters. The van der Waals surface area contributed by atoms with Gasteiger partial charge in [0.25, 0.3) is 0 Å². The van der Waals surface area contributed by atoms with Gasteiger partial charge in [-0.25, -0.2) is 9.37 Å². The summed E-state index contributed by atoms with van der Waals surface area (Å²) in [4.78, 5) is 12.4. The molecular formula is C13H15FN4. The summed E-state index contributed by atoms with van der Waals surface area (Å²) in [6, 6.07) is 6.57. The van der Waals surface area contributed by atoms with Gasteiger partial charge in [0, 0.05) is 12.3 Å². The highest BCUT2D eigenvalue weighted by Gasteiger charge is 2.10. The molecule has 2 N–H and O–H groups in total. The van der Waals surface area contributed by atoms with E-state index in [0.717, 1.165) is 0 Å². The summed E-state index contributed by atoms with van der Waals surface area (Å²) < 4.78 is 13.5. The number of rotatable bonds is 3. The van der Waals surface area contributed by atoms with Gasteiger partial charge in [0.05, 0.1) is 0 Å². The lowest BCUT2D eigenvalue weighted by molar-refractivity contribution is 0.611. The highest BCUT2D eigenvalue weighted by atomic mass is 19.1. The number of hydrogen-bond acceptors (Lipinski definition) is 4. The number of anilines is 1. The molecular weight excluding hydrogens is 231 g/mol. The van der Waals surface area contributed by atoms with Crippen LogP contribution in [0.25, 0.3) is 0 Å². The van der Waals surface area contributed by atoms with Gasteiger partial charge in [0.15, 0.2) is 0 Å². The van der Waals surface area contributed by atoms with E-state index < -0.39 is 0 Å². The van der Waals surface area contributed by atoms with Crippen molar-refractivity contribution >= 4 is 5.95 Å². The molecule has 0 spiro atoms. The molecule has 1 aromatic heterocycles. The maximum Gasteiger partial charge on any atom is 0.223 e. The Morgan fingerprint density at radius 3 is 2.56 bits per heavy atom. The lowest BCUT2D eigenvalue weighted by atomic mass is 10.1. The van der Waals surface area contributed by atoms with E-state index in [2.05, 4.69) is 15.0 Å². The summed E-state index contributed by atoms with van der Waals surface area (Å²) in [6.45, 7) is 3.95. The van der Waals surface area contributed by atoms with Crippen molar-refractivity contribution in [1.82, 2.24) is 15.0 Å². The van der Waals surface area contributed by atoms with Crippen molar-refractivity contribution in [3.05, 3.63) is 47.3 Å². The van der Waals surface area contributed by atoms with E-state index in [1.54, 1.807) is 18.2 Å². The average molecular weight is 246 g/mol. The molecule has 0 aliphatic carbocycles. The molecule has 0 aliphatic heterocycles. The van der Waals surface area contributed by atoms with Crippen molar-refractivity contribution in [1.29, 1.82) is 0 Å². The molecule has 94 valence electrons. The van der Waals surface area contributed by atoms with Crippen LogP contribution >= 0.6 is 0 Å². The first-order valence-electron chi connectivity index (χ1n) is 5.80. The fourth-order valence-corrected chi connectivity index (χ4v) is 1.61. The highest BCUT2D eigenvalue weighted by molar-refractivity contribution is 5.24. The number of nitrogens with zero attached hydrogens (tertiary/aromatic N) is 3. The minimum absolute atomic E-state index is 0.162. The van der Waals surface area contributed by atoms with E-state index in [0.29, 0.717) is 23.6 Å². The van der Waals surface area contributed by atoms with Crippen molar-refractivity contribution in [2.45, 2.75) is 26.2 Å². The maximum absolute atomic E-state index is 13.5. The molecule has 2 aromatic rings. The topological polar surface area (TPSA) is 64.7 Å². The molecule has 0 aliphatic rings. The zero-order valence-electron chi connectivity index (χ0n) is 10.4. The van der Waals surface area contributed by atoms with Crippen LogP contribution in [0, 0.1) is 5.82 Å². The monoisotopic (exact) mass is 246 g/mol. The Kier molecular flexibility index (Phi) is 3.50. The van der Waals surface area contributed by atoms with Crippen molar-refractivity contribution in [3.63, 3.8) is 0 Å². The molecule has 0 radical (unpaired) electrons. The Balaban J connectivity index is 2.32. The lowest BCUT2D eigenvalue weighted by Crippen LogP contribution is -2.09. The second kappa shape index (κ2) is 5.08. The summed E-state index contributed by atoms with van der Waals surface area (Å²) in [5, 5.41) is 0. The average Bonchev–Trinajstić information content (AvgIpc) is 2.31. The molecule has 1 heterocycles. The third-order valence-electron chi connectivity index (χ3n) is 2.54. The second-order valence-corrected chi connectivity index (χ2v) is 4.39. The van der Waals surface area contributed by atoms with Gasteiger partial charge in [-0.1, -0.05) is 32.0 Å². The van der Waals surface area contributed by atoms with Gasteiger partial charge in [-0.2, -0.15) is 9.97 Å². The fraction of sp³-hybridized carbons (Fsp3) is 0.308. The predicted molar refractivity (Wildman–Crippen MR) is 67.5 cm³/mol. The zero-order chi connectivity index (χ0) is 13.1. The van der Waals surface area contributed by atoms with Crippen LogP contribution in [0.5, 0.6) is 0 Å². The summed E-state index contributed by atoms with van der Waals surface area (Å²) >= 11 is 0. The van der Waals surface area contributed by atoms with Gasteiger partial charge in [0.2, 0.25) is 5.95 Å². The Hall–Kier alpha value is -2.04. The van der Waals surface area contributed by atoms with Crippen LogP contribution in [0.3, 0.4) is 0 Å². The SMILES string of the molecule is CC(C)c1nc(N)nc(Cc2ccccc2F)n1. The molecule has 0 saturated heterocycles. The van der Waals surface area contributed by atoms with E-state index in [4.69, 9.17) is 5.73 Å². The highest BCUT2D eigenvalue weighted by Crippen LogP contribution is 2.14. The number of hydrogen-bond donors (Lipinski definition) is 1. The molecule has 0 saturated carbocycles. The van der Waals surface area contributed by atoms with Crippen LogP contribution in [0.15, 0.2) is 24.3 Å². The standard InChI is InChI=1S/C13H15FN4/c1-8(2)12-16-11(17-13(15)18-12)7-9-5-3-4-6-10(9)14/h3-6,8H,7H2,1-2H3,(H2,15,16,17,18). The largest absolute Gasteiger partial charge is 0.368 e. The molecule has 1 aromatic carbocycles. The molecule has 2 rings (SSSR count). The number of halogens is 1. The number of nitrogens with two attached hydrogens (primary N) is 1. The molecule has 4 nitrogen and oxygen atoms in total. The normalized spacial score (nSPS) is 10.9. The van der Waals surface area contributed by atoms with Crippen molar-refractivity contribution < 1.29 is 4.39 Å². The Labute approximate surface area is 105 Å². The number of nitrogen functional groups attached to an aromatic ring is 1. The lowest BCUT2D eigenvalue weighted by Gasteiger charge is -2.07. The van der Waals surface area contributed by atoms with Crippen LogP contribution < -0.4 is 5.73 Å². The quantitative estimate of drug-likeness (QED) is 0.902. The first-order valence-corrected chi connectivity index (χ1v) is 5.80. The minimum atomic E-state index is -0.261. The summed E-state index contributed by atoms with van der Waals surface area (Å²) in [7, 11) is 0. The van der Waals surface area contributed by atoms with Crippen LogP contribution in [-0.2, 0) is 6.42 Å². The smallest absolute Gasteiger partial charge is 0.223 e. The zero-order valence-corrected chi connectivity index (χ0v) is 10.4. The van der Waals surface area contributed by atoms with Crippen LogP contribution in [0.2, 0.25) is 0 Å². The predicted octanol–water partition coefficient (Wildman–Crippen LogP) is 2.31. The molecule has 0 amide bonds.